The Balaban J connectivity index is 1.78. The van der Waals surface area contributed by atoms with Gasteiger partial charge in [0.2, 0.25) is 0 Å². The number of aromatic nitrogens is 4. The molecule has 0 aliphatic rings. The summed E-state index contributed by atoms with van der Waals surface area (Å²) in [5.41, 5.74) is 2.73. The zero-order valence-corrected chi connectivity index (χ0v) is 13.2. The summed E-state index contributed by atoms with van der Waals surface area (Å²) < 4.78 is 5.09. The van der Waals surface area contributed by atoms with E-state index in [4.69, 9.17) is 4.52 Å². The number of benzene rings is 1. The van der Waals surface area contributed by atoms with Crippen LogP contribution in [0, 0.1) is 13.8 Å². The van der Waals surface area contributed by atoms with E-state index in [-0.39, 0.29) is 5.91 Å². The van der Waals surface area contributed by atoms with Crippen LogP contribution in [0.15, 0.2) is 28.8 Å². The number of amides is 1. The molecule has 3 rings (SSSR count). The molecule has 0 aliphatic heterocycles. The van der Waals surface area contributed by atoms with Crippen molar-refractivity contribution in [3.8, 4) is 11.4 Å². The molecular weight excluding hydrogens is 294 g/mol. The number of rotatable bonds is 4. The Hall–Kier alpha value is -2.96. The van der Waals surface area contributed by atoms with Crippen LogP contribution in [0.4, 0.5) is 5.69 Å². The van der Waals surface area contributed by atoms with Crippen molar-refractivity contribution in [1.29, 1.82) is 0 Å². The van der Waals surface area contributed by atoms with E-state index in [0.717, 1.165) is 11.4 Å². The van der Waals surface area contributed by atoms with Crippen molar-refractivity contribution in [2.75, 3.05) is 5.32 Å². The smallest absolute Gasteiger partial charge is 0.261 e. The number of hydrogen-bond acceptors (Lipinski definition) is 5. The molecule has 1 amide bonds. The molecule has 0 atom stereocenters. The second-order valence-electron chi connectivity index (χ2n) is 5.19. The van der Waals surface area contributed by atoms with Gasteiger partial charge in [0.05, 0.1) is 5.69 Å². The zero-order valence-electron chi connectivity index (χ0n) is 13.2. The lowest BCUT2D eigenvalue weighted by Crippen LogP contribution is -2.14. The summed E-state index contributed by atoms with van der Waals surface area (Å²) in [6.07, 6.45) is 0.642. The Morgan fingerprint density at radius 1 is 1.26 bits per heavy atom. The Morgan fingerprint density at radius 2 is 2.00 bits per heavy atom. The quantitative estimate of drug-likeness (QED) is 0.772. The van der Waals surface area contributed by atoms with Gasteiger partial charge in [-0.05, 0) is 44.5 Å². The number of carbonyl (C=O) groups excluding carboxylic acids is 1. The summed E-state index contributed by atoms with van der Waals surface area (Å²) in [5.74, 6) is 1.69. The highest BCUT2D eigenvalue weighted by atomic mass is 16.5. The predicted octanol–water partition coefficient (Wildman–Crippen LogP) is 2.89. The van der Waals surface area contributed by atoms with E-state index in [1.165, 1.54) is 0 Å². The lowest BCUT2D eigenvalue weighted by atomic mass is 10.1. The molecule has 2 aromatic heterocycles. The largest absolute Gasteiger partial charge is 0.361 e. The normalized spacial score (nSPS) is 10.7. The van der Waals surface area contributed by atoms with Crippen molar-refractivity contribution in [1.82, 2.24) is 20.3 Å². The van der Waals surface area contributed by atoms with Crippen molar-refractivity contribution >= 4 is 11.6 Å². The predicted molar refractivity (Wildman–Crippen MR) is 85.1 cm³/mol. The van der Waals surface area contributed by atoms with Crippen LogP contribution in [0.1, 0.15) is 34.6 Å². The Labute approximate surface area is 133 Å². The van der Waals surface area contributed by atoms with Crippen LogP contribution in [0.2, 0.25) is 0 Å². The minimum absolute atomic E-state index is 0.220. The third kappa shape index (κ3) is 2.98. The molecule has 7 heteroatoms. The first-order chi connectivity index (χ1) is 11.1. The maximum absolute atomic E-state index is 12.4. The van der Waals surface area contributed by atoms with Gasteiger partial charge >= 0.3 is 0 Å². The maximum Gasteiger partial charge on any atom is 0.261 e. The molecule has 2 heterocycles. The van der Waals surface area contributed by atoms with Gasteiger partial charge in [0.25, 0.3) is 5.91 Å². The first-order valence-electron chi connectivity index (χ1n) is 7.34. The van der Waals surface area contributed by atoms with Gasteiger partial charge in [-0.3, -0.25) is 9.89 Å². The van der Waals surface area contributed by atoms with Crippen molar-refractivity contribution < 1.29 is 9.32 Å². The molecule has 0 radical (unpaired) electrons. The van der Waals surface area contributed by atoms with E-state index in [2.05, 4.69) is 25.7 Å². The summed E-state index contributed by atoms with van der Waals surface area (Å²) in [4.78, 5) is 16.7. The van der Waals surface area contributed by atoms with E-state index >= 15 is 0 Å². The molecule has 0 saturated heterocycles. The average Bonchev–Trinajstić information content (AvgIpc) is 3.13. The topological polar surface area (TPSA) is 96.7 Å². The summed E-state index contributed by atoms with van der Waals surface area (Å²) in [6.45, 7) is 5.51. The molecule has 118 valence electrons. The summed E-state index contributed by atoms with van der Waals surface area (Å²) in [7, 11) is 0. The Bertz CT molecular complexity index is 833. The second-order valence-corrected chi connectivity index (χ2v) is 5.19. The highest BCUT2D eigenvalue weighted by Crippen LogP contribution is 2.20. The van der Waals surface area contributed by atoms with Crippen LogP contribution in [-0.4, -0.2) is 26.2 Å². The molecule has 0 fully saturated rings. The maximum atomic E-state index is 12.4. The SMILES string of the molecule is CCc1noc(C)c1C(=O)Nc1ccc(-c2n[nH]c(C)n2)cc1. The lowest BCUT2D eigenvalue weighted by molar-refractivity contribution is 0.102. The third-order valence-electron chi connectivity index (χ3n) is 3.49. The molecule has 0 saturated carbocycles. The Morgan fingerprint density at radius 3 is 2.61 bits per heavy atom. The van der Waals surface area contributed by atoms with Crippen LogP contribution in [0.5, 0.6) is 0 Å². The fourth-order valence-corrected chi connectivity index (χ4v) is 2.32. The van der Waals surface area contributed by atoms with Crippen LogP contribution in [-0.2, 0) is 6.42 Å². The fourth-order valence-electron chi connectivity index (χ4n) is 2.32. The van der Waals surface area contributed by atoms with Gasteiger partial charge in [-0.2, -0.15) is 5.10 Å². The van der Waals surface area contributed by atoms with Crippen LogP contribution >= 0.6 is 0 Å². The number of nitrogens with zero attached hydrogens (tertiary/aromatic N) is 3. The second kappa shape index (κ2) is 6.04. The summed E-state index contributed by atoms with van der Waals surface area (Å²) in [6, 6.07) is 7.35. The molecular formula is C16H17N5O2. The molecule has 0 bridgehead atoms. The van der Waals surface area contributed by atoms with E-state index < -0.39 is 0 Å². The minimum Gasteiger partial charge on any atom is -0.361 e. The molecule has 0 spiro atoms. The third-order valence-corrected chi connectivity index (χ3v) is 3.49. The van der Waals surface area contributed by atoms with Gasteiger partial charge in [-0.25, -0.2) is 4.98 Å². The van der Waals surface area contributed by atoms with E-state index in [1.54, 1.807) is 6.92 Å². The van der Waals surface area contributed by atoms with E-state index in [1.807, 2.05) is 38.1 Å². The van der Waals surface area contributed by atoms with Crippen molar-refractivity contribution in [3.05, 3.63) is 47.1 Å². The molecule has 0 unspecified atom stereocenters. The number of nitrogens with one attached hydrogen (secondary N) is 2. The molecule has 0 aliphatic carbocycles. The van der Waals surface area contributed by atoms with E-state index in [0.29, 0.717) is 35.0 Å². The molecule has 23 heavy (non-hydrogen) atoms. The highest BCUT2D eigenvalue weighted by molar-refractivity contribution is 6.05. The van der Waals surface area contributed by atoms with E-state index in [9.17, 15) is 4.79 Å². The minimum atomic E-state index is -0.220. The standard InChI is InChI=1S/C16H17N5O2/c1-4-13-14(9(2)23-21-13)16(22)18-12-7-5-11(6-8-12)15-17-10(3)19-20-15/h5-8H,4H2,1-3H3,(H,18,22)(H,17,19,20). The fraction of sp³-hybridized carbons (Fsp3) is 0.250. The number of anilines is 1. The molecule has 3 aromatic rings. The van der Waals surface area contributed by atoms with Gasteiger partial charge in [0, 0.05) is 11.3 Å². The summed E-state index contributed by atoms with van der Waals surface area (Å²) >= 11 is 0. The van der Waals surface area contributed by atoms with Crippen molar-refractivity contribution in [3.63, 3.8) is 0 Å². The van der Waals surface area contributed by atoms with Gasteiger partial charge in [-0.1, -0.05) is 12.1 Å². The monoisotopic (exact) mass is 311 g/mol. The van der Waals surface area contributed by atoms with Gasteiger partial charge < -0.3 is 9.84 Å². The summed E-state index contributed by atoms with van der Waals surface area (Å²) in [5, 5.41) is 13.7. The lowest BCUT2D eigenvalue weighted by Gasteiger charge is -2.05. The van der Waals surface area contributed by atoms with Gasteiger partial charge in [0.15, 0.2) is 5.82 Å². The van der Waals surface area contributed by atoms with Crippen molar-refractivity contribution in [2.45, 2.75) is 27.2 Å². The number of H-pyrrole nitrogens is 1. The highest BCUT2D eigenvalue weighted by Gasteiger charge is 2.19. The van der Waals surface area contributed by atoms with Crippen LogP contribution in [0.25, 0.3) is 11.4 Å². The average molecular weight is 311 g/mol. The zero-order chi connectivity index (χ0) is 16.4. The van der Waals surface area contributed by atoms with Gasteiger partial charge in [-0.15, -0.1) is 0 Å². The molecule has 1 aromatic carbocycles. The first-order valence-corrected chi connectivity index (χ1v) is 7.34. The van der Waals surface area contributed by atoms with Crippen molar-refractivity contribution in [2.24, 2.45) is 0 Å². The Kier molecular flexibility index (Phi) is 3.92. The first kappa shape index (κ1) is 15.0. The van der Waals surface area contributed by atoms with Gasteiger partial charge in [0.1, 0.15) is 17.1 Å². The van der Waals surface area contributed by atoms with Crippen LogP contribution in [0.3, 0.4) is 0 Å². The molecule has 7 nitrogen and oxygen atoms in total. The molecule has 2 N–H and O–H groups in total. The number of aryl methyl sites for hydroxylation is 3. The van der Waals surface area contributed by atoms with Crippen LogP contribution < -0.4 is 5.32 Å². The number of carbonyl (C=O) groups is 1. The number of aromatic amines is 1. The number of hydrogen-bond donors (Lipinski definition) is 2.